The third-order valence-electron chi connectivity index (χ3n) is 5.50. The van der Waals surface area contributed by atoms with Crippen molar-refractivity contribution in [2.45, 2.75) is 19.9 Å². The van der Waals surface area contributed by atoms with Gasteiger partial charge in [0.05, 0.1) is 13.2 Å². The summed E-state index contributed by atoms with van der Waals surface area (Å²) in [6.07, 6.45) is 0. The number of amides is 1. The topological polar surface area (TPSA) is 50.4 Å². The summed E-state index contributed by atoms with van der Waals surface area (Å²) in [6.45, 7) is 4.21. The van der Waals surface area contributed by atoms with Gasteiger partial charge in [0, 0.05) is 27.8 Å². The highest BCUT2D eigenvalue weighted by Gasteiger charge is 2.25. The molecule has 0 spiro atoms. The lowest BCUT2D eigenvalue weighted by Crippen LogP contribution is -2.17. The van der Waals surface area contributed by atoms with Crippen LogP contribution in [0.1, 0.15) is 38.0 Å². The van der Waals surface area contributed by atoms with E-state index in [0.29, 0.717) is 5.56 Å². The molecule has 0 aliphatic heterocycles. The van der Waals surface area contributed by atoms with Crippen molar-refractivity contribution in [1.29, 1.82) is 0 Å². The zero-order valence-electron chi connectivity index (χ0n) is 18.4. The third-order valence-corrected chi connectivity index (χ3v) is 6.64. The number of aryl methyl sites for hydroxylation is 1. The van der Waals surface area contributed by atoms with Gasteiger partial charge in [-0.05, 0) is 49.2 Å². The van der Waals surface area contributed by atoms with Crippen LogP contribution < -0.4 is 15.4 Å². The van der Waals surface area contributed by atoms with Gasteiger partial charge in [-0.3, -0.25) is 4.79 Å². The van der Waals surface area contributed by atoms with Gasteiger partial charge in [-0.15, -0.1) is 11.3 Å². The van der Waals surface area contributed by atoms with Gasteiger partial charge in [0.1, 0.15) is 10.8 Å². The molecule has 4 nitrogen and oxygen atoms in total. The number of methoxy groups -OCH3 is 1. The Hall–Kier alpha value is -3.57. The molecule has 1 amide bonds. The Balaban J connectivity index is 1.76. The molecule has 32 heavy (non-hydrogen) atoms. The average Bonchev–Trinajstić information content (AvgIpc) is 3.11. The minimum Gasteiger partial charge on any atom is -0.497 e. The molecule has 0 bridgehead atoms. The number of anilines is 2. The SMILES string of the molecule is COc1cccc(N[C@@H](c2ccccc2)c2c(NC(=O)c3ccccc3)sc(C)c2C)c1. The first-order valence-corrected chi connectivity index (χ1v) is 11.3. The van der Waals surface area contributed by atoms with Crippen molar-refractivity contribution >= 4 is 27.9 Å². The van der Waals surface area contributed by atoms with E-state index < -0.39 is 0 Å². The van der Waals surface area contributed by atoms with Crippen molar-refractivity contribution in [1.82, 2.24) is 0 Å². The molecule has 5 heteroatoms. The highest BCUT2D eigenvalue weighted by atomic mass is 32.1. The standard InChI is InChI=1S/C27H26N2O2S/c1-18-19(2)32-27(29-26(30)21-13-8-5-9-14-21)24(18)25(20-11-6-4-7-12-20)28-22-15-10-16-23(17-22)31-3/h4-17,25,28H,1-3H3,(H,29,30)/t25-/m0/s1. The van der Waals surface area contributed by atoms with Gasteiger partial charge >= 0.3 is 0 Å². The molecule has 0 aliphatic rings. The maximum Gasteiger partial charge on any atom is 0.256 e. The van der Waals surface area contributed by atoms with Crippen LogP contribution in [-0.4, -0.2) is 13.0 Å². The summed E-state index contributed by atoms with van der Waals surface area (Å²) in [5, 5.41) is 7.69. The fourth-order valence-electron chi connectivity index (χ4n) is 3.70. The van der Waals surface area contributed by atoms with Crippen LogP contribution in [0.5, 0.6) is 5.75 Å². The summed E-state index contributed by atoms with van der Waals surface area (Å²) in [5.74, 6) is 0.680. The zero-order chi connectivity index (χ0) is 22.5. The number of thiophene rings is 1. The first-order valence-electron chi connectivity index (χ1n) is 10.5. The van der Waals surface area contributed by atoms with Gasteiger partial charge in [-0.1, -0.05) is 54.6 Å². The summed E-state index contributed by atoms with van der Waals surface area (Å²) < 4.78 is 5.41. The molecule has 4 rings (SSSR count). The Morgan fingerprint density at radius 3 is 2.28 bits per heavy atom. The summed E-state index contributed by atoms with van der Waals surface area (Å²) in [5.41, 5.74) is 4.95. The van der Waals surface area contributed by atoms with Crippen LogP contribution >= 0.6 is 11.3 Å². The van der Waals surface area contributed by atoms with Gasteiger partial charge in [0.2, 0.25) is 0 Å². The normalized spacial score (nSPS) is 11.6. The molecule has 0 saturated heterocycles. The Kier molecular flexibility index (Phi) is 6.57. The molecule has 1 aromatic heterocycles. The molecular formula is C27H26N2O2S. The van der Waals surface area contributed by atoms with Crippen molar-refractivity contribution in [2.75, 3.05) is 17.7 Å². The van der Waals surface area contributed by atoms with E-state index in [-0.39, 0.29) is 11.9 Å². The summed E-state index contributed by atoms with van der Waals surface area (Å²) in [7, 11) is 1.66. The average molecular weight is 443 g/mol. The van der Waals surface area contributed by atoms with Gasteiger partial charge in [-0.2, -0.15) is 0 Å². The van der Waals surface area contributed by atoms with Crippen LogP contribution in [0, 0.1) is 13.8 Å². The third kappa shape index (κ3) is 4.68. The van der Waals surface area contributed by atoms with E-state index in [4.69, 9.17) is 4.74 Å². The molecule has 1 atom stereocenters. The van der Waals surface area contributed by atoms with E-state index >= 15 is 0 Å². The second-order valence-electron chi connectivity index (χ2n) is 7.57. The van der Waals surface area contributed by atoms with Gasteiger partial charge < -0.3 is 15.4 Å². The number of hydrogen-bond donors (Lipinski definition) is 2. The molecule has 0 aliphatic carbocycles. The molecule has 0 unspecified atom stereocenters. The maximum absolute atomic E-state index is 12.9. The molecule has 3 aromatic carbocycles. The lowest BCUT2D eigenvalue weighted by molar-refractivity contribution is 0.102. The fraction of sp³-hybridized carbons (Fsp3) is 0.148. The summed E-state index contributed by atoms with van der Waals surface area (Å²) in [6, 6.07) is 27.3. The quantitative estimate of drug-likeness (QED) is 0.330. The Morgan fingerprint density at radius 2 is 1.59 bits per heavy atom. The summed E-state index contributed by atoms with van der Waals surface area (Å²) in [4.78, 5) is 14.1. The van der Waals surface area contributed by atoms with Crippen LogP contribution in [-0.2, 0) is 0 Å². The fourth-order valence-corrected chi connectivity index (χ4v) is 4.79. The largest absolute Gasteiger partial charge is 0.497 e. The molecule has 0 fully saturated rings. The highest BCUT2D eigenvalue weighted by molar-refractivity contribution is 7.16. The number of carbonyl (C=O) groups is 1. The smallest absolute Gasteiger partial charge is 0.256 e. The van der Waals surface area contributed by atoms with E-state index in [1.165, 1.54) is 10.4 Å². The van der Waals surface area contributed by atoms with Crippen molar-refractivity contribution in [3.63, 3.8) is 0 Å². The lowest BCUT2D eigenvalue weighted by atomic mass is 9.96. The van der Waals surface area contributed by atoms with Crippen LogP contribution in [0.15, 0.2) is 84.9 Å². The first kappa shape index (κ1) is 21.7. The van der Waals surface area contributed by atoms with Crippen molar-refractivity contribution in [3.8, 4) is 5.75 Å². The second-order valence-corrected chi connectivity index (χ2v) is 8.79. The zero-order valence-corrected chi connectivity index (χ0v) is 19.2. The minimum atomic E-state index is -0.140. The maximum atomic E-state index is 12.9. The predicted molar refractivity (Wildman–Crippen MR) is 133 cm³/mol. The van der Waals surface area contributed by atoms with Gasteiger partial charge in [0.25, 0.3) is 5.91 Å². The number of hydrogen-bond acceptors (Lipinski definition) is 4. The van der Waals surface area contributed by atoms with E-state index in [2.05, 4.69) is 36.6 Å². The molecule has 0 saturated carbocycles. The number of benzene rings is 3. The van der Waals surface area contributed by atoms with Crippen LogP contribution in [0.4, 0.5) is 10.7 Å². The number of ether oxygens (including phenoxy) is 1. The molecule has 1 heterocycles. The number of rotatable bonds is 7. The van der Waals surface area contributed by atoms with Crippen molar-refractivity contribution < 1.29 is 9.53 Å². The van der Waals surface area contributed by atoms with E-state index in [1.807, 2.05) is 72.8 Å². The highest BCUT2D eigenvalue weighted by Crippen LogP contribution is 2.41. The Morgan fingerprint density at radius 1 is 0.906 bits per heavy atom. The van der Waals surface area contributed by atoms with Crippen LogP contribution in [0.25, 0.3) is 0 Å². The van der Waals surface area contributed by atoms with Gasteiger partial charge in [-0.25, -0.2) is 0 Å². The Labute approximate surface area is 192 Å². The molecule has 2 N–H and O–H groups in total. The second kappa shape index (κ2) is 9.71. The van der Waals surface area contributed by atoms with Gasteiger partial charge in [0.15, 0.2) is 0 Å². The predicted octanol–water partition coefficient (Wildman–Crippen LogP) is 6.83. The van der Waals surface area contributed by atoms with E-state index in [1.54, 1.807) is 18.4 Å². The molecule has 0 radical (unpaired) electrons. The lowest BCUT2D eigenvalue weighted by Gasteiger charge is -2.23. The first-order chi connectivity index (χ1) is 15.6. The van der Waals surface area contributed by atoms with E-state index in [9.17, 15) is 4.79 Å². The minimum absolute atomic E-state index is 0.110. The summed E-state index contributed by atoms with van der Waals surface area (Å²) >= 11 is 1.61. The monoisotopic (exact) mass is 442 g/mol. The van der Waals surface area contributed by atoms with Crippen molar-refractivity contribution in [2.24, 2.45) is 0 Å². The Bertz CT molecular complexity index is 1200. The van der Waals surface area contributed by atoms with Crippen LogP contribution in [0.2, 0.25) is 0 Å². The van der Waals surface area contributed by atoms with Crippen LogP contribution in [0.3, 0.4) is 0 Å². The molecule has 4 aromatic rings. The van der Waals surface area contributed by atoms with Crippen molar-refractivity contribution in [3.05, 3.63) is 112 Å². The van der Waals surface area contributed by atoms with E-state index in [0.717, 1.165) is 27.6 Å². The number of nitrogens with one attached hydrogen (secondary N) is 2. The molecular weight excluding hydrogens is 416 g/mol. The number of carbonyl (C=O) groups excluding carboxylic acids is 1. The molecule has 162 valence electrons.